The van der Waals surface area contributed by atoms with Crippen LogP contribution >= 0.6 is 0 Å². The third-order valence-electron chi connectivity index (χ3n) is 10.4. The second-order valence-electron chi connectivity index (χ2n) is 13.7. The van der Waals surface area contributed by atoms with Crippen LogP contribution < -0.4 is 4.90 Å². The lowest BCUT2D eigenvalue weighted by atomic mass is 9.98. The number of fused-ring (bicyclic) bond motifs is 9. The standard InChI is InChI=1S/C52H35NO3/c1-3-15-40(50-33-36-30-29-35-17-5-6-19-38(35)51(36)56-50)39-20-7-10-24-45(39)53(46-25-14-23-43-41-21-8-12-27-48(41)55-52(43)46)37(4-2)18-13-16-34-28-31-49-44(32-34)42-22-9-11-26-47(42)54-49/h3-33H,1-2H2/b16-13+,37-18+,40-15-. The number of hydrogen-bond donors (Lipinski definition) is 0. The van der Waals surface area contributed by atoms with E-state index >= 15 is 0 Å². The number of para-hydroxylation sites is 4. The van der Waals surface area contributed by atoms with Gasteiger partial charge in [-0.1, -0.05) is 147 Å². The molecule has 0 atom stereocenters. The predicted octanol–water partition coefficient (Wildman–Crippen LogP) is 14.9. The minimum atomic E-state index is 0.747. The minimum Gasteiger partial charge on any atom is -0.456 e. The molecule has 0 radical (unpaired) electrons. The summed E-state index contributed by atoms with van der Waals surface area (Å²) < 4.78 is 19.5. The number of benzene rings is 7. The van der Waals surface area contributed by atoms with Crippen LogP contribution in [0.5, 0.6) is 0 Å². The first kappa shape index (κ1) is 33.0. The Morgan fingerprint density at radius 2 is 1.18 bits per heavy atom. The number of hydrogen-bond acceptors (Lipinski definition) is 4. The van der Waals surface area contributed by atoms with E-state index in [0.29, 0.717) is 0 Å². The van der Waals surface area contributed by atoms with Gasteiger partial charge in [-0.2, -0.15) is 0 Å². The zero-order valence-electron chi connectivity index (χ0n) is 30.5. The highest BCUT2D eigenvalue weighted by Gasteiger charge is 2.24. The van der Waals surface area contributed by atoms with Gasteiger partial charge >= 0.3 is 0 Å². The lowest BCUT2D eigenvalue weighted by Gasteiger charge is -2.28. The first-order valence-corrected chi connectivity index (χ1v) is 18.6. The molecule has 10 aromatic rings. The van der Waals surface area contributed by atoms with Gasteiger partial charge in [-0.3, -0.25) is 0 Å². The van der Waals surface area contributed by atoms with E-state index in [-0.39, 0.29) is 0 Å². The van der Waals surface area contributed by atoms with Crippen molar-refractivity contribution in [1.82, 2.24) is 0 Å². The van der Waals surface area contributed by atoms with Crippen LogP contribution in [0.1, 0.15) is 16.9 Å². The fraction of sp³-hybridized carbons (Fsp3) is 0. The van der Waals surface area contributed by atoms with Crippen molar-refractivity contribution in [3.05, 3.63) is 218 Å². The summed E-state index contributed by atoms with van der Waals surface area (Å²) in [5.74, 6) is 0.747. The van der Waals surface area contributed by atoms with E-state index in [1.165, 1.54) is 0 Å². The molecule has 266 valence electrons. The maximum absolute atomic E-state index is 6.75. The molecule has 0 aliphatic rings. The molecule has 0 N–H and O–H groups in total. The van der Waals surface area contributed by atoms with Gasteiger partial charge in [0.1, 0.15) is 28.1 Å². The molecule has 4 nitrogen and oxygen atoms in total. The SMILES string of the molecule is C=C/C=C(\c1cc2ccc3ccccc3c2o1)c1ccccc1N(/C(C=C)=C/C=C/c1ccc2oc3ccccc3c2c1)c1cccc2c1oc1ccccc12. The monoisotopic (exact) mass is 721 g/mol. The maximum Gasteiger partial charge on any atom is 0.159 e. The van der Waals surface area contributed by atoms with Crippen LogP contribution in [0.15, 0.2) is 214 Å². The van der Waals surface area contributed by atoms with Crippen molar-refractivity contribution in [2.75, 3.05) is 4.90 Å². The molecule has 3 heterocycles. The van der Waals surface area contributed by atoms with Gasteiger partial charge in [0.25, 0.3) is 0 Å². The van der Waals surface area contributed by atoms with E-state index in [2.05, 4.69) is 133 Å². The number of allylic oxidation sites excluding steroid dienone is 5. The number of furan rings is 3. The van der Waals surface area contributed by atoms with E-state index in [4.69, 9.17) is 13.3 Å². The molecule has 0 aliphatic heterocycles. The van der Waals surface area contributed by atoms with Gasteiger partial charge in [0, 0.05) is 49.2 Å². The molecule has 0 amide bonds. The Labute approximate surface area is 323 Å². The maximum atomic E-state index is 6.75. The van der Waals surface area contributed by atoms with E-state index < -0.39 is 0 Å². The topological polar surface area (TPSA) is 42.7 Å². The predicted molar refractivity (Wildman–Crippen MR) is 234 cm³/mol. The van der Waals surface area contributed by atoms with E-state index in [0.717, 1.165) is 105 Å². The zero-order valence-corrected chi connectivity index (χ0v) is 30.5. The smallest absolute Gasteiger partial charge is 0.159 e. The Morgan fingerprint density at radius 1 is 0.500 bits per heavy atom. The largest absolute Gasteiger partial charge is 0.456 e. The lowest BCUT2D eigenvalue weighted by molar-refractivity contribution is 0.603. The third kappa shape index (κ3) is 5.55. The van der Waals surface area contributed by atoms with Crippen molar-refractivity contribution in [1.29, 1.82) is 0 Å². The molecule has 10 rings (SSSR count). The summed E-state index contributed by atoms with van der Waals surface area (Å²) in [5, 5.41) is 7.52. The summed E-state index contributed by atoms with van der Waals surface area (Å²) in [6.07, 6.45) is 12.0. The number of rotatable bonds is 9. The van der Waals surface area contributed by atoms with Gasteiger partial charge in [0.15, 0.2) is 5.58 Å². The molecular weight excluding hydrogens is 687 g/mol. The van der Waals surface area contributed by atoms with Crippen LogP contribution in [-0.2, 0) is 0 Å². The molecule has 0 aliphatic carbocycles. The summed E-state index contributed by atoms with van der Waals surface area (Å²) in [6, 6.07) is 52.0. The number of nitrogens with zero attached hydrogens (tertiary/aromatic N) is 1. The van der Waals surface area contributed by atoms with Crippen molar-refractivity contribution in [2.24, 2.45) is 0 Å². The lowest BCUT2D eigenvalue weighted by Crippen LogP contribution is -2.17. The van der Waals surface area contributed by atoms with Crippen LogP contribution in [0.4, 0.5) is 11.4 Å². The third-order valence-corrected chi connectivity index (χ3v) is 10.4. The van der Waals surface area contributed by atoms with Crippen molar-refractivity contribution in [3.8, 4) is 0 Å². The second kappa shape index (κ2) is 13.7. The normalized spacial score (nSPS) is 12.6. The Balaban J connectivity index is 1.15. The highest BCUT2D eigenvalue weighted by atomic mass is 16.3. The molecular formula is C52H35NO3. The van der Waals surface area contributed by atoms with Crippen LogP contribution in [-0.4, -0.2) is 0 Å². The molecule has 56 heavy (non-hydrogen) atoms. The quantitative estimate of drug-likeness (QED) is 0.139. The van der Waals surface area contributed by atoms with E-state index in [1.54, 1.807) is 0 Å². The summed E-state index contributed by atoms with van der Waals surface area (Å²) in [6.45, 7) is 8.46. The molecule has 0 saturated carbocycles. The summed E-state index contributed by atoms with van der Waals surface area (Å²) in [4.78, 5) is 2.22. The van der Waals surface area contributed by atoms with Crippen LogP contribution in [0.25, 0.3) is 77.3 Å². The Morgan fingerprint density at radius 3 is 2.02 bits per heavy atom. The molecule has 3 aromatic heterocycles. The average molecular weight is 722 g/mol. The van der Waals surface area contributed by atoms with Crippen molar-refractivity contribution >= 4 is 88.6 Å². The fourth-order valence-electron chi connectivity index (χ4n) is 7.88. The van der Waals surface area contributed by atoms with Crippen LogP contribution in [0.2, 0.25) is 0 Å². The zero-order chi connectivity index (χ0) is 37.6. The molecule has 4 heteroatoms. The summed E-state index contributed by atoms with van der Waals surface area (Å²) in [7, 11) is 0. The average Bonchev–Trinajstić information content (AvgIpc) is 3.96. The molecule has 0 spiro atoms. The second-order valence-corrected chi connectivity index (χ2v) is 13.7. The fourth-order valence-corrected chi connectivity index (χ4v) is 7.88. The summed E-state index contributed by atoms with van der Waals surface area (Å²) in [5.41, 5.74) is 9.78. The van der Waals surface area contributed by atoms with Gasteiger partial charge in [-0.05, 0) is 65.6 Å². The summed E-state index contributed by atoms with van der Waals surface area (Å²) >= 11 is 0. The molecule has 7 aromatic carbocycles. The Bertz CT molecular complexity index is 3250. The first-order valence-electron chi connectivity index (χ1n) is 18.6. The van der Waals surface area contributed by atoms with E-state index in [9.17, 15) is 0 Å². The highest BCUT2D eigenvalue weighted by molar-refractivity contribution is 6.11. The van der Waals surface area contributed by atoms with Gasteiger partial charge in [0.2, 0.25) is 0 Å². The molecule has 0 saturated heterocycles. The highest BCUT2D eigenvalue weighted by Crippen LogP contribution is 2.44. The number of anilines is 2. The van der Waals surface area contributed by atoms with Crippen molar-refractivity contribution in [2.45, 2.75) is 0 Å². The molecule has 0 unspecified atom stereocenters. The van der Waals surface area contributed by atoms with Gasteiger partial charge in [-0.25, -0.2) is 0 Å². The van der Waals surface area contributed by atoms with E-state index in [1.807, 2.05) is 72.8 Å². The van der Waals surface area contributed by atoms with Gasteiger partial charge in [0.05, 0.1) is 11.4 Å². The van der Waals surface area contributed by atoms with Crippen molar-refractivity contribution in [3.63, 3.8) is 0 Å². The van der Waals surface area contributed by atoms with Crippen molar-refractivity contribution < 1.29 is 13.3 Å². The van der Waals surface area contributed by atoms with Gasteiger partial charge in [-0.15, -0.1) is 0 Å². The van der Waals surface area contributed by atoms with Gasteiger partial charge < -0.3 is 18.2 Å². The first-order chi connectivity index (χ1) is 27.7. The molecule has 0 bridgehead atoms. The minimum absolute atomic E-state index is 0.747. The Kier molecular flexibility index (Phi) is 8.08. The van der Waals surface area contributed by atoms with Crippen LogP contribution in [0, 0.1) is 0 Å². The van der Waals surface area contributed by atoms with Crippen LogP contribution in [0.3, 0.4) is 0 Å². The Hall–Kier alpha value is -7.56. The molecule has 0 fully saturated rings.